The van der Waals surface area contributed by atoms with Crippen LogP contribution in [-0.2, 0) is 4.43 Å². The highest BCUT2D eigenvalue weighted by molar-refractivity contribution is 6.74. The third-order valence-corrected chi connectivity index (χ3v) is 9.28. The molecular formula is C16H30OSi. The van der Waals surface area contributed by atoms with E-state index in [9.17, 15) is 0 Å². The molecular weight excluding hydrogens is 236 g/mol. The van der Waals surface area contributed by atoms with E-state index in [1.807, 2.05) is 0 Å². The van der Waals surface area contributed by atoms with Crippen LogP contribution in [0.4, 0.5) is 0 Å². The van der Waals surface area contributed by atoms with E-state index in [0.29, 0.717) is 5.92 Å². The van der Waals surface area contributed by atoms with Crippen molar-refractivity contribution in [3.8, 4) is 0 Å². The Morgan fingerprint density at radius 2 is 1.89 bits per heavy atom. The van der Waals surface area contributed by atoms with E-state index in [-0.39, 0.29) is 10.6 Å². The van der Waals surface area contributed by atoms with Crippen molar-refractivity contribution in [3.05, 3.63) is 25.3 Å². The molecule has 0 N–H and O–H groups in total. The van der Waals surface area contributed by atoms with Crippen molar-refractivity contribution in [3.63, 3.8) is 0 Å². The lowest BCUT2D eigenvalue weighted by Gasteiger charge is -2.47. The standard InChI is InChI=1S/C16H30OSi/c1-8-14-11-10-12-16(9-2,13-14)17-18(6,7)15(3,4)5/h8-9,14H,1-2,10-13H2,3-7H3/t14?,16-/m0/s1. The van der Waals surface area contributed by atoms with Gasteiger partial charge in [0.25, 0.3) is 0 Å². The van der Waals surface area contributed by atoms with Crippen LogP contribution in [0.1, 0.15) is 46.5 Å². The molecule has 0 amide bonds. The minimum atomic E-state index is -1.73. The molecule has 0 aromatic carbocycles. The molecule has 18 heavy (non-hydrogen) atoms. The fourth-order valence-corrected chi connectivity index (χ4v) is 4.08. The molecule has 0 aromatic heterocycles. The smallest absolute Gasteiger partial charge is 0.193 e. The third-order valence-electron chi connectivity index (χ3n) is 4.75. The Bertz CT molecular complexity index is 314. The van der Waals surface area contributed by atoms with Crippen molar-refractivity contribution in [2.45, 2.75) is 70.2 Å². The van der Waals surface area contributed by atoms with E-state index in [1.165, 1.54) is 12.8 Å². The fourth-order valence-electron chi connectivity index (χ4n) is 2.49. The summed E-state index contributed by atoms with van der Waals surface area (Å²) in [7, 11) is -1.73. The van der Waals surface area contributed by atoms with Crippen molar-refractivity contribution in [2.75, 3.05) is 0 Å². The van der Waals surface area contributed by atoms with Gasteiger partial charge in [0, 0.05) is 0 Å². The maximum atomic E-state index is 6.69. The van der Waals surface area contributed by atoms with Crippen LogP contribution in [0, 0.1) is 5.92 Å². The van der Waals surface area contributed by atoms with E-state index >= 15 is 0 Å². The summed E-state index contributed by atoms with van der Waals surface area (Å²) in [6.07, 6.45) is 8.80. The van der Waals surface area contributed by atoms with Crippen LogP contribution in [0.5, 0.6) is 0 Å². The second kappa shape index (κ2) is 5.34. The van der Waals surface area contributed by atoms with Gasteiger partial charge in [-0.15, -0.1) is 13.2 Å². The molecule has 2 heteroatoms. The van der Waals surface area contributed by atoms with Gasteiger partial charge in [-0.1, -0.05) is 32.9 Å². The minimum Gasteiger partial charge on any atom is -0.408 e. The lowest BCUT2D eigenvalue weighted by molar-refractivity contribution is 0.0486. The number of allylic oxidation sites excluding steroid dienone is 1. The minimum absolute atomic E-state index is 0.111. The molecule has 104 valence electrons. The maximum Gasteiger partial charge on any atom is 0.193 e. The Kier molecular flexibility index (Phi) is 4.66. The summed E-state index contributed by atoms with van der Waals surface area (Å²) in [6, 6.07) is 0. The highest BCUT2D eigenvalue weighted by atomic mass is 28.4. The van der Waals surface area contributed by atoms with Crippen molar-refractivity contribution < 1.29 is 4.43 Å². The fraction of sp³-hybridized carbons (Fsp3) is 0.750. The van der Waals surface area contributed by atoms with Gasteiger partial charge in [0.05, 0.1) is 5.60 Å². The molecule has 0 aromatic rings. The molecule has 1 unspecified atom stereocenters. The summed E-state index contributed by atoms with van der Waals surface area (Å²) in [6.45, 7) is 19.5. The lowest BCUT2D eigenvalue weighted by atomic mass is 9.78. The molecule has 1 aliphatic rings. The summed E-state index contributed by atoms with van der Waals surface area (Å²) in [5.41, 5.74) is -0.111. The second-order valence-electron chi connectivity index (χ2n) is 7.22. The van der Waals surface area contributed by atoms with E-state index in [0.717, 1.165) is 12.8 Å². The van der Waals surface area contributed by atoms with E-state index in [4.69, 9.17) is 4.43 Å². The Morgan fingerprint density at radius 3 is 2.33 bits per heavy atom. The zero-order valence-electron chi connectivity index (χ0n) is 12.9. The van der Waals surface area contributed by atoms with Crippen molar-refractivity contribution in [2.24, 2.45) is 5.92 Å². The highest BCUT2D eigenvalue weighted by Crippen LogP contribution is 2.44. The molecule has 2 atom stereocenters. The van der Waals surface area contributed by atoms with Crippen LogP contribution in [0.2, 0.25) is 18.1 Å². The summed E-state index contributed by atoms with van der Waals surface area (Å²) in [4.78, 5) is 0. The maximum absolute atomic E-state index is 6.69. The number of hydrogen-bond acceptors (Lipinski definition) is 1. The molecule has 0 aliphatic heterocycles. The van der Waals surface area contributed by atoms with Gasteiger partial charge in [0.15, 0.2) is 8.32 Å². The quantitative estimate of drug-likeness (QED) is 0.495. The zero-order chi connectivity index (χ0) is 14.0. The SMILES string of the molecule is C=CC1CCC[C@](C=C)(O[Si](C)(C)C(C)(C)C)C1. The molecule has 0 spiro atoms. The molecule has 1 saturated carbocycles. The topological polar surface area (TPSA) is 9.23 Å². The zero-order valence-corrected chi connectivity index (χ0v) is 13.9. The molecule has 1 rings (SSSR count). The van der Waals surface area contributed by atoms with Gasteiger partial charge in [-0.05, 0) is 49.7 Å². The highest BCUT2D eigenvalue weighted by Gasteiger charge is 2.45. The average molecular weight is 267 g/mol. The van der Waals surface area contributed by atoms with Gasteiger partial charge >= 0.3 is 0 Å². The van der Waals surface area contributed by atoms with E-state index in [2.05, 4.69) is 59.2 Å². The lowest BCUT2D eigenvalue weighted by Crippen LogP contribution is -2.50. The second-order valence-corrected chi connectivity index (χ2v) is 11.9. The first kappa shape index (κ1) is 15.7. The van der Waals surface area contributed by atoms with Gasteiger partial charge in [0.2, 0.25) is 0 Å². The molecule has 0 saturated heterocycles. The summed E-state index contributed by atoms with van der Waals surface area (Å²) in [5, 5.41) is 0.254. The van der Waals surface area contributed by atoms with Gasteiger partial charge in [-0.25, -0.2) is 0 Å². The summed E-state index contributed by atoms with van der Waals surface area (Å²) < 4.78 is 6.69. The van der Waals surface area contributed by atoms with Crippen LogP contribution in [0.25, 0.3) is 0 Å². The predicted octanol–water partition coefficient (Wildman–Crippen LogP) is 5.31. The summed E-state index contributed by atoms with van der Waals surface area (Å²) in [5.74, 6) is 0.585. The molecule has 1 nitrogen and oxygen atoms in total. The molecule has 1 aliphatic carbocycles. The van der Waals surface area contributed by atoms with Gasteiger partial charge in [0.1, 0.15) is 0 Å². The summed E-state index contributed by atoms with van der Waals surface area (Å²) >= 11 is 0. The monoisotopic (exact) mass is 266 g/mol. The van der Waals surface area contributed by atoms with Crippen LogP contribution in [-0.4, -0.2) is 13.9 Å². The van der Waals surface area contributed by atoms with Crippen molar-refractivity contribution >= 4 is 8.32 Å². The molecule has 0 heterocycles. The molecule has 1 fully saturated rings. The first-order valence-corrected chi connectivity index (χ1v) is 10.0. The van der Waals surface area contributed by atoms with Gasteiger partial charge < -0.3 is 4.43 Å². The largest absolute Gasteiger partial charge is 0.408 e. The van der Waals surface area contributed by atoms with Crippen molar-refractivity contribution in [1.82, 2.24) is 0 Å². The van der Waals surface area contributed by atoms with Crippen LogP contribution < -0.4 is 0 Å². The van der Waals surface area contributed by atoms with Crippen LogP contribution in [0.3, 0.4) is 0 Å². The van der Waals surface area contributed by atoms with Crippen LogP contribution in [0.15, 0.2) is 25.3 Å². The Hall–Kier alpha value is -0.343. The van der Waals surface area contributed by atoms with Gasteiger partial charge in [-0.3, -0.25) is 0 Å². The third kappa shape index (κ3) is 3.36. The Balaban J connectivity index is 2.89. The Morgan fingerprint density at radius 1 is 1.28 bits per heavy atom. The van der Waals surface area contributed by atoms with Gasteiger partial charge in [-0.2, -0.15) is 0 Å². The normalized spacial score (nSPS) is 29.9. The van der Waals surface area contributed by atoms with E-state index in [1.54, 1.807) is 0 Å². The van der Waals surface area contributed by atoms with Crippen LogP contribution >= 0.6 is 0 Å². The first-order chi connectivity index (χ1) is 8.16. The molecule has 0 bridgehead atoms. The van der Waals surface area contributed by atoms with E-state index < -0.39 is 8.32 Å². The number of rotatable bonds is 4. The first-order valence-electron chi connectivity index (χ1n) is 7.12. The Labute approximate surface area is 114 Å². The average Bonchev–Trinajstić information content (AvgIpc) is 2.27. The predicted molar refractivity (Wildman–Crippen MR) is 83.4 cm³/mol. The number of hydrogen-bond donors (Lipinski definition) is 0. The van der Waals surface area contributed by atoms with Crippen molar-refractivity contribution in [1.29, 1.82) is 0 Å². The molecule has 0 radical (unpaired) electrons.